The van der Waals surface area contributed by atoms with Crippen LogP contribution in [0.25, 0.3) is 6.08 Å². The Morgan fingerprint density at radius 1 is 1.32 bits per heavy atom. The molecule has 1 rings (SSSR count). The molecule has 1 aromatic rings. The zero-order valence-corrected chi connectivity index (χ0v) is 11.3. The molecule has 0 radical (unpaired) electrons. The fraction of sp³-hybridized carbons (Fsp3) is 0.429. The van der Waals surface area contributed by atoms with E-state index in [0.29, 0.717) is 23.7 Å². The number of rotatable bonds is 8. The van der Waals surface area contributed by atoms with Crippen molar-refractivity contribution in [1.82, 2.24) is 0 Å². The lowest BCUT2D eigenvalue weighted by molar-refractivity contribution is -0.400. The predicted octanol–water partition coefficient (Wildman–Crippen LogP) is 3.51. The molecular formula is C14H19NO4. The van der Waals surface area contributed by atoms with Gasteiger partial charge in [0, 0.05) is 6.08 Å². The fourth-order valence-corrected chi connectivity index (χ4v) is 1.59. The summed E-state index contributed by atoms with van der Waals surface area (Å²) < 4.78 is 10.8. The van der Waals surface area contributed by atoms with E-state index >= 15 is 0 Å². The van der Waals surface area contributed by atoms with E-state index in [9.17, 15) is 10.1 Å². The Morgan fingerprint density at radius 2 is 2.11 bits per heavy atom. The van der Waals surface area contributed by atoms with Gasteiger partial charge in [-0.3, -0.25) is 10.1 Å². The van der Waals surface area contributed by atoms with Crippen LogP contribution in [-0.2, 0) is 0 Å². The van der Waals surface area contributed by atoms with Crippen molar-refractivity contribution in [3.63, 3.8) is 0 Å². The Morgan fingerprint density at radius 3 is 2.74 bits per heavy atom. The van der Waals surface area contributed by atoms with Crippen LogP contribution in [0.3, 0.4) is 0 Å². The Hall–Kier alpha value is -2.04. The summed E-state index contributed by atoms with van der Waals surface area (Å²) in [5.41, 5.74) is 0.711. The summed E-state index contributed by atoms with van der Waals surface area (Å²) in [5.74, 6) is 1.25. The maximum absolute atomic E-state index is 10.3. The first kappa shape index (κ1) is 15.0. The molecule has 19 heavy (non-hydrogen) atoms. The van der Waals surface area contributed by atoms with Crippen LogP contribution in [0.5, 0.6) is 11.5 Å². The van der Waals surface area contributed by atoms with Crippen molar-refractivity contribution in [3.05, 3.63) is 40.1 Å². The third kappa shape index (κ3) is 5.42. The quantitative estimate of drug-likeness (QED) is 0.410. The highest BCUT2D eigenvalue weighted by Crippen LogP contribution is 2.28. The first-order valence-electron chi connectivity index (χ1n) is 6.30. The van der Waals surface area contributed by atoms with E-state index in [4.69, 9.17) is 9.47 Å². The molecule has 0 aliphatic carbocycles. The lowest BCUT2D eigenvalue weighted by Crippen LogP contribution is -1.99. The summed E-state index contributed by atoms with van der Waals surface area (Å²) in [5, 5.41) is 10.3. The highest BCUT2D eigenvalue weighted by molar-refractivity contribution is 5.55. The van der Waals surface area contributed by atoms with Crippen LogP contribution < -0.4 is 9.47 Å². The van der Waals surface area contributed by atoms with E-state index in [1.54, 1.807) is 25.3 Å². The van der Waals surface area contributed by atoms with E-state index in [1.807, 2.05) is 0 Å². The topological polar surface area (TPSA) is 61.6 Å². The van der Waals surface area contributed by atoms with Crippen LogP contribution in [0.15, 0.2) is 24.4 Å². The fourth-order valence-electron chi connectivity index (χ4n) is 1.59. The van der Waals surface area contributed by atoms with E-state index < -0.39 is 4.92 Å². The van der Waals surface area contributed by atoms with Crippen molar-refractivity contribution < 1.29 is 14.4 Å². The van der Waals surface area contributed by atoms with Gasteiger partial charge in [-0.05, 0) is 24.1 Å². The minimum absolute atomic E-state index is 0.494. The van der Waals surface area contributed by atoms with Crippen LogP contribution in [0.1, 0.15) is 31.7 Å². The number of nitrogens with zero attached hydrogens (tertiary/aromatic N) is 1. The third-order valence-electron chi connectivity index (χ3n) is 2.58. The normalized spacial score (nSPS) is 10.6. The molecule has 0 unspecified atom stereocenters. The number of ether oxygens (including phenoxy) is 2. The highest BCUT2D eigenvalue weighted by Gasteiger charge is 2.05. The number of nitro groups is 1. The van der Waals surface area contributed by atoms with Gasteiger partial charge in [0.2, 0.25) is 6.20 Å². The van der Waals surface area contributed by atoms with E-state index in [-0.39, 0.29) is 0 Å². The molecule has 0 atom stereocenters. The summed E-state index contributed by atoms with van der Waals surface area (Å²) in [6.45, 7) is 2.75. The molecule has 0 amide bonds. The van der Waals surface area contributed by atoms with Crippen molar-refractivity contribution in [1.29, 1.82) is 0 Å². The molecule has 1 aromatic carbocycles. The number of unbranched alkanes of at least 4 members (excludes halogenated alkanes) is 2. The minimum atomic E-state index is -0.494. The maximum Gasteiger partial charge on any atom is 0.235 e. The van der Waals surface area contributed by atoms with Gasteiger partial charge < -0.3 is 9.47 Å². The summed E-state index contributed by atoms with van der Waals surface area (Å²) in [7, 11) is 1.57. The van der Waals surface area contributed by atoms with Crippen molar-refractivity contribution in [2.45, 2.75) is 26.2 Å². The third-order valence-corrected chi connectivity index (χ3v) is 2.58. The van der Waals surface area contributed by atoms with E-state index in [0.717, 1.165) is 25.5 Å². The van der Waals surface area contributed by atoms with Crippen molar-refractivity contribution in [2.75, 3.05) is 13.7 Å². The molecule has 0 saturated carbocycles. The van der Waals surface area contributed by atoms with Crippen LogP contribution in [0.4, 0.5) is 0 Å². The first-order chi connectivity index (χ1) is 9.17. The molecule has 0 saturated heterocycles. The van der Waals surface area contributed by atoms with Crippen LogP contribution >= 0.6 is 0 Å². The summed E-state index contributed by atoms with van der Waals surface area (Å²) >= 11 is 0. The molecular weight excluding hydrogens is 246 g/mol. The molecule has 0 bridgehead atoms. The summed E-state index contributed by atoms with van der Waals surface area (Å²) in [6, 6.07) is 5.23. The van der Waals surface area contributed by atoms with Crippen molar-refractivity contribution in [3.8, 4) is 11.5 Å². The smallest absolute Gasteiger partial charge is 0.235 e. The lowest BCUT2D eigenvalue weighted by Gasteiger charge is -2.11. The molecule has 0 aliphatic rings. The monoisotopic (exact) mass is 265 g/mol. The van der Waals surface area contributed by atoms with Crippen LogP contribution in [0, 0.1) is 10.1 Å². The van der Waals surface area contributed by atoms with Gasteiger partial charge in [-0.25, -0.2) is 0 Å². The van der Waals surface area contributed by atoms with Gasteiger partial charge in [0.25, 0.3) is 0 Å². The lowest BCUT2D eigenvalue weighted by atomic mass is 10.2. The summed E-state index contributed by atoms with van der Waals surface area (Å²) in [6.07, 6.45) is 5.56. The van der Waals surface area contributed by atoms with E-state index in [2.05, 4.69) is 6.92 Å². The van der Waals surface area contributed by atoms with Gasteiger partial charge in [-0.2, -0.15) is 0 Å². The molecule has 0 spiro atoms. The number of methoxy groups -OCH3 is 1. The average Bonchev–Trinajstić information content (AvgIpc) is 2.41. The van der Waals surface area contributed by atoms with Crippen molar-refractivity contribution >= 4 is 6.08 Å². The maximum atomic E-state index is 10.3. The van der Waals surface area contributed by atoms with Crippen LogP contribution in [0.2, 0.25) is 0 Å². The van der Waals surface area contributed by atoms with Gasteiger partial charge in [-0.15, -0.1) is 0 Å². The Kier molecular flexibility index (Phi) is 6.43. The molecule has 0 heterocycles. The number of benzene rings is 1. The molecule has 0 N–H and O–H groups in total. The van der Waals surface area contributed by atoms with Gasteiger partial charge in [0.15, 0.2) is 11.5 Å². The van der Waals surface area contributed by atoms with Gasteiger partial charge in [0.05, 0.1) is 18.6 Å². The standard InChI is InChI=1S/C14H19NO4/c1-3-4-5-10-19-14-11-12(8-9-15(16)17)6-7-13(14)18-2/h6-9,11H,3-5,10H2,1-2H3/b9-8+. The second-order valence-corrected chi connectivity index (χ2v) is 4.07. The zero-order valence-electron chi connectivity index (χ0n) is 11.3. The van der Waals surface area contributed by atoms with Crippen LogP contribution in [-0.4, -0.2) is 18.6 Å². The number of hydrogen-bond donors (Lipinski definition) is 0. The highest BCUT2D eigenvalue weighted by atomic mass is 16.6. The second kappa shape index (κ2) is 8.13. The van der Waals surface area contributed by atoms with Gasteiger partial charge in [-0.1, -0.05) is 25.8 Å². The average molecular weight is 265 g/mol. The minimum Gasteiger partial charge on any atom is -0.493 e. The first-order valence-corrected chi connectivity index (χ1v) is 6.30. The summed E-state index contributed by atoms with van der Waals surface area (Å²) in [4.78, 5) is 9.79. The molecule has 5 nitrogen and oxygen atoms in total. The molecule has 104 valence electrons. The number of hydrogen-bond acceptors (Lipinski definition) is 4. The second-order valence-electron chi connectivity index (χ2n) is 4.07. The molecule has 5 heteroatoms. The van der Waals surface area contributed by atoms with Gasteiger partial charge >= 0.3 is 0 Å². The van der Waals surface area contributed by atoms with E-state index in [1.165, 1.54) is 6.08 Å². The molecule has 0 aromatic heterocycles. The Labute approximate surface area is 113 Å². The Bertz CT molecular complexity index is 443. The molecule has 0 fully saturated rings. The Balaban J connectivity index is 2.75. The molecule has 0 aliphatic heterocycles. The van der Waals surface area contributed by atoms with Gasteiger partial charge in [0.1, 0.15) is 0 Å². The largest absolute Gasteiger partial charge is 0.493 e. The zero-order chi connectivity index (χ0) is 14.1. The predicted molar refractivity (Wildman–Crippen MR) is 74.0 cm³/mol. The SMILES string of the molecule is CCCCCOc1cc(/C=C/[N+](=O)[O-])ccc1OC. The van der Waals surface area contributed by atoms with Crippen molar-refractivity contribution in [2.24, 2.45) is 0 Å².